The van der Waals surface area contributed by atoms with Crippen LogP contribution in [0.4, 0.5) is 5.13 Å². The predicted molar refractivity (Wildman–Crippen MR) is 120 cm³/mol. The molecule has 1 saturated heterocycles. The highest BCUT2D eigenvalue weighted by Gasteiger charge is 2.24. The molecule has 4 rings (SSSR count). The first-order chi connectivity index (χ1) is 14.6. The monoisotopic (exact) mass is 426 g/mol. The molecule has 1 fully saturated rings. The van der Waals surface area contributed by atoms with Crippen molar-refractivity contribution in [1.29, 1.82) is 0 Å². The smallest absolute Gasteiger partial charge is 0.260 e. The third-order valence-corrected chi connectivity index (χ3v) is 6.85. The van der Waals surface area contributed by atoms with Gasteiger partial charge in [0.2, 0.25) is 0 Å². The lowest BCUT2D eigenvalue weighted by molar-refractivity contribution is -0.906. The fourth-order valence-corrected chi connectivity index (χ4v) is 4.85. The van der Waals surface area contributed by atoms with E-state index in [1.54, 1.807) is 18.4 Å². The van der Waals surface area contributed by atoms with E-state index in [0.717, 1.165) is 59.5 Å². The highest BCUT2D eigenvalue weighted by molar-refractivity contribution is 7.22. The average molecular weight is 427 g/mol. The van der Waals surface area contributed by atoms with Crippen molar-refractivity contribution in [3.63, 3.8) is 0 Å². The van der Waals surface area contributed by atoms with Gasteiger partial charge in [0, 0.05) is 5.56 Å². The van der Waals surface area contributed by atoms with Crippen LogP contribution in [0.5, 0.6) is 5.75 Å². The lowest BCUT2D eigenvalue weighted by Crippen LogP contribution is -3.14. The van der Waals surface area contributed by atoms with Crippen molar-refractivity contribution in [2.75, 3.05) is 51.4 Å². The number of rotatable bonds is 6. The first-order valence-electron chi connectivity index (χ1n) is 10.3. The summed E-state index contributed by atoms with van der Waals surface area (Å²) in [6.45, 7) is 9.17. The van der Waals surface area contributed by atoms with Crippen LogP contribution in [0, 0.1) is 13.8 Å². The van der Waals surface area contributed by atoms with E-state index in [4.69, 9.17) is 14.5 Å². The molecule has 0 unspecified atom stereocenters. The van der Waals surface area contributed by atoms with Crippen molar-refractivity contribution in [3.05, 3.63) is 53.1 Å². The van der Waals surface area contributed by atoms with Gasteiger partial charge in [0.05, 0.1) is 43.6 Å². The molecule has 1 aliphatic rings. The number of nitrogens with zero attached hydrogens (tertiary/aromatic N) is 2. The molecular weight excluding hydrogens is 398 g/mol. The summed E-state index contributed by atoms with van der Waals surface area (Å²) in [5.74, 6) is 0.710. The molecule has 0 aliphatic carbocycles. The van der Waals surface area contributed by atoms with Crippen LogP contribution in [-0.2, 0) is 4.74 Å². The number of fused-ring (bicyclic) bond motifs is 1. The van der Waals surface area contributed by atoms with Gasteiger partial charge in [0.15, 0.2) is 5.13 Å². The van der Waals surface area contributed by atoms with Crippen LogP contribution in [0.2, 0.25) is 0 Å². The van der Waals surface area contributed by atoms with E-state index in [2.05, 4.69) is 26.0 Å². The number of quaternary nitrogens is 1. The number of thiazole rings is 1. The number of methoxy groups -OCH3 is 1. The van der Waals surface area contributed by atoms with E-state index in [0.29, 0.717) is 12.1 Å². The van der Waals surface area contributed by atoms with Gasteiger partial charge in [-0.3, -0.25) is 9.69 Å². The minimum Gasteiger partial charge on any atom is -0.497 e. The van der Waals surface area contributed by atoms with Gasteiger partial charge >= 0.3 is 0 Å². The minimum absolute atomic E-state index is 0.0281. The molecule has 1 N–H and O–H groups in total. The first-order valence-corrected chi connectivity index (χ1v) is 11.1. The van der Waals surface area contributed by atoms with Gasteiger partial charge in [0.25, 0.3) is 5.91 Å². The summed E-state index contributed by atoms with van der Waals surface area (Å²) in [5, 5.41) is 0.760. The van der Waals surface area contributed by atoms with Gasteiger partial charge in [-0.15, -0.1) is 0 Å². The van der Waals surface area contributed by atoms with E-state index >= 15 is 0 Å². The summed E-state index contributed by atoms with van der Waals surface area (Å²) >= 11 is 1.60. The van der Waals surface area contributed by atoms with E-state index in [1.165, 1.54) is 10.5 Å². The zero-order chi connectivity index (χ0) is 21.1. The van der Waals surface area contributed by atoms with E-state index in [-0.39, 0.29) is 5.91 Å². The van der Waals surface area contributed by atoms with Crippen LogP contribution in [0.1, 0.15) is 21.5 Å². The molecule has 30 heavy (non-hydrogen) atoms. The lowest BCUT2D eigenvalue weighted by Gasteiger charge is -2.27. The predicted octanol–water partition coefficient (Wildman–Crippen LogP) is 2.48. The maximum absolute atomic E-state index is 13.5. The number of carbonyl (C=O) groups excluding carboxylic acids is 1. The van der Waals surface area contributed by atoms with Crippen LogP contribution in [-0.4, -0.2) is 57.4 Å². The van der Waals surface area contributed by atoms with Gasteiger partial charge in [0.1, 0.15) is 18.8 Å². The Kier molecular flexibility index (Phi) is 6.32. The Morgan fingerprint density at radius 3 is 2.50 bits per heavy atom. The molecular formula is C23H28N3O3S+. The Morgan fingerprint density at radius 2 is 1.83 bits per heavy atom. The second kappa shape index (κ2) is 9.12. The second-order valence-electron chi connectivity index (χ2n) is 7.67. The maximum atomic E-state index is 13.5. The van der Waals surface area contributed by atoms with E-state index < -0.39 is 0 Å². The SMILES string of the molecule is COc1ccc(C(=O)N(CC[NH+]2CCOCC2)c2nc3c(C)ccc(C)c3s2)cc1. The van der Waals surface area contributed by atoms with Gasteiger partial charge in [-0.05, 0) is 49.2 Å². The number of ether oxygens (including phenoxy) is 2. The Labute approximate surface area is 181 Å². The van der Waals surface area contributed by atoms with Crippen molar-refractivity contribution in [3.8, 4) is 5.75 Å². The molecule has 0 radical (unpaired) electrons. The minimum atomic E-state index is -0.0281. The van der Waals surface area contributed by atoms with Crippen molar-refractivity contribution in [2.24, 2.45) is 0 Å². The number of aryl methyl sites for hydroxylation is 2. The molecule has 0 saturated carbocycles. The fraction of sp³-hybridized carbons (Fsp3) is 0.391. The quantitative estimate of drug-likeness (QED) is 0.658. The Morgan fingerprint density at radius 1 is 1.13 bits per heavy atom. The molecule has 0 bridgehead atoms. The van der Waals surface area contributed by atoms with Gasteiger partial charge in [-0.25, -0.2) is 4.98 Å². The lowest BCUT2D eigenvalue weighted by atomic mass is 10.1. The van der Waals surface area contributed by atoms with Crippen molar-refractivity contribution >= 4 is 32.6 Å². The molecule has 0 spiro atoms. The molecule has 1 amide bonds. The third-order valence-electron chi connectivity index (χ3n) is 5.63. The molecule has 2 aromatic carbocycles. The van der Waals surface area contributed by atoms with Gasteiger partial charge in [-0.1, -0.05) is 23.5 Å². The highest BCUT2D eigenvalue weighted by atomic mass is 32.1. The number of anilines is 1. The summed E-state index contributed by atoms with van der Waals surface area (Å²) in [4.78, 5) is 21.7. The number of nitrogens with one attached hydrogen (secondary N) is 1. The standard InChI is InChI=1S/C23H27N3O3S/c1-16-4-5-17(2)21-20(16)24-23(30-21)26(11-10-25-12-14-29-15-13-25)22(27)18-6-8-19(28-3)9-7-18/h4-9H,10-15H2,1-3H3/p+1. The largest absolute Gasteiger partial charge is 0.497 e. The number of morpholine rings is 1. The topological polar surface area (TPSA) is 56.1 Å². The molecule has 7 heteroatoms. The van der Waals surface area contributed by atoms with E-state index in [1.807, 2.05) is 29.2 Å². The molecule has 1 aliphatic heterocycles. The summed E-state index contributed by atoms with van der Waals surface area (Å²) in [5.41, 5.74) is 3.95. The third kappa shape index (κ3) is 4.33. The number of hydrogen-bond donors (Lipinski definition) is 1. The van der Waals surface area contributed by atoms with Crippen molar-refractivity contribution in [2.45, 2.75) is 13.8 Å². The number of amides is 1. The van der Waals surface area contributed by atoms with Crippen molar-refractivity contribution < 1.29 is 19.2 Å². The molecule has 0 atom stereocenters. The Balaban J connectivity index is 1.66. The molecule has 6 nitrogen and oxygen atoms in total. The van der Waals surface area contributed by atoms with Crippen LogP contribution >= 0.6 is 11.3 Å². The number of benzene rings is 2. The molecule has 3 aromatic rings. The maximum Gasteiger partial charge on any atom is 0.260 e. The van der Waals surface area contributed by atoms with E-state index in [9.17, 15) is 4.79 Å². The normalized spacial score (nSPS) is 14.8. The summed E-state index contributed by atoms with van der Waals surface area (Å²) in [6, 6.07) is 11.5. The summed E-state index contributed by atoms with van der Waals surface area (Å²) < 4.78 is 11.9. The molecule has 158 valence electrons. The van der Waals surface area contributed by atoms with Gasteiger partial charge in [-0.2, -0.15) is 0 Å². The zero-order valence-corrected chi connectivity index (χ0v) is 18.6. The van der Waals surface area contributed by atoms with Crippen molar-refractivity contribution in [1.82, 2.24) is 4.98 Å². The first kappa shape index (κ1) is 20.8. The number of carbonyl (C=O) groups is 1. The Hall–Kier alpha value is -2.48. The zero-order valence-electron chi connectivity index (χ0n) is 17.7. The fourth-order valence-electron chi connectivity index (χ4n) is 3.72. The Bertz CT molecular complexity index is 987. The molecule has 1 aromatic heterocycles. The summed E-state index contributed by atoms with van der Waals surface area (Å²) in [7, 11) is 1.63. The van der Waals surface area contributed by atoms with Crippen LogP contribution in [0.25, 0.3) is 10.2 Å². The van der Waals surface area contributed by atoms with Crippen LogP contribution in [0.15, 0.2) is 36.4 Å². The second-order valence-corrected chi connectivity index (χ2v) is 8.65. The molecule has 2 heterocycles. The number of aromatic nitrogens is 1. The van der Waals surface area contributed by atoms with Crippen LogP contribution in [0.3, 0.4) is 0 Å². The van der Waals surface area contributed by atoms with Crippen LogP contribution < -0.4 is 14.5 Å². The highest BCUT2D eigenvalue weighted by Crippen LogP contribution is 2.33. The summed E-state index contributed by atoms with van der Waals surface area (Å²) in [6.07, 6.45) is 0. The van der Waals surface area contributed by atoms with Gasteiger partial charge < -0.3 is 14.4 Å². The number of hydrogen-bond acceptors (Lipinski definition) is 5. The average Bonchev–Trinajstić information content (AvgIpc) is 3.24.